The van der Waals surface area contributed by atoms with Gasteiger partial charge in [-0.2, -0.15) is 0 Å². The van der Waals surface area contributed by atoms with Crippen LogP contribution in [0.25, 0.3) is 11.5 Å². The summed E-state index contributed by atoms with van der Waals surface area (Å²) in [5.74, 6) is -0.305. The van der Waals surface area contributed by atoms with Gasteiger partial charge in [0.2, 0.25) is 10.0 Å². The van der Waals surface area contributed by atoms with Gasteiger partial charge < -0.3 is 0 Å². The van der Waals surface area contributed by atoms with Gasteiger partial charge in [0.15, 0.2) is 5.82 Å². The van der Waals surface area contributed by atoms with Crippen LogP contribution in [0.15, 0.2) is 53.5 Å². The molecule has 0 unspecified atom stereocenters. The molecule has 0 radical (unpaired) electrons. The molecule has 0 saturated heterocycles. The van der Waals surface area contributed by atoms with Gasteiger partial charge in [0.1, 0.15) is 11.5 Å². The molecule has 10 heteroatoms. The summed E-state index contributed by atoms with van der Waals surface area (Å²) < 4.78 is 42.1. The maximum absolute atomic E-state index is 12.9. The van der Waals surface area contributed by atoms with Gasteiger partial charge in [-0.3, -0.25) is 9.55 Å². The molecular formula is C17H18FN5O3S. The Balaban J connectivity index is 1.65. The van der Waals surface area contributed by atoms with Gasteiger partial charge in [0.05, 0.1) is 12.3 Å². The van der Waals surface area contributed by atoms with Gasteiger partial charge in [0.25, 0.3) is 0 Å². The second kappa shape index (κ2) is 7.80. The lowest BCUT2D eigenvalue weighted by molar-refractivity contribution is 0.550. The molecule has 2 aromatic heterocycles. The van der Waals surface area contributed by atoms with Crippen LogP contribution in [0.5, 0.6) is 0 Å². The van der Waals surface area contributed by atoms with Crippen molar-refractivity contribution in [2.24, 2.45) is 7.05 Å². The van der Waals surface area contributed by atoms with Crippen molar-refractivity contribution in [3.05, 3.63) is 70.5 Å². The van der Waals surface area contributed by atoms with E-state index >= 15 is 0 Å². The predicted molar refractivity (Wildman–Crippen MR) is 97.7 cm³/mol. The number of hydrogen-bond donors (Lipinski definition) is 1. The molecule has 0 aliphatic rings. The number of benzene rings is 1. The SMILES string of the molecule is Cn1c(-c2ccccn2)nn(CCNS(=O)(=O)Cc2ccc(F)cc2)c1=O. The summed E-state index contributed by atoms with van der Waals surface area (Å²) in [7, 11) is -2.04. The Morgan fingerprint density at radius 1 is 1.15 bits per heavy atom. The van der Waals surface area contributed by atoms with E-state index in [-0.39, 0.29) is 24.5 Å². The molecule has 0 bridgehead atoms. The number of halogens is 1. The summed E-state index contributed by atoms with van der Waals surface area (Å²) in [5.41, 5.74) is 0.650. The van der Waals surface area contributed by atoms with Gasteiger partial charge in [-0.1, -0.05) is 18.2 Å². The Bertz CT molecular complexity index is 1080. The van der Waals surface area contributed by atoms with Crippen molar-refractivity contribution in [2.75, 3.05) is 6.54 Å². The summed E-state index contributed by atoms with van der Waals surface area (Å²) in [6.07, 6.45) is 1.60. The highest BCUT2D eigenvalue weighted by molar-refractivity contribution is 7.88. The van der Waals surface area contributed by atoms with Gasteiger partial charge in [-0.25, -0.2) is 27.0 Å². The Labute approximate surface area is 155 Å². The van der Waals surface area contributed by atoms with Crippen molar-refractivity contribution in [3.63, 3.8) is 0 Å². The Hall–Kier alpha value is -2.85. The number of sulfonamides is 1. The first-order valence-electron chi connectivity index (χ1n) is 8.13. The molecule has 1 N–H and O–H groups in total. The Kier molecular flexibility index (Phi) is 5.47. The lowest BCUT2D eigenvalue weighted by atomic mass is 10.2. The molecular weight excluding hydrogens is 373 g/mol. The molecule has 3 rings (SSSR count). The van der Waals surface area contributed by atoms with Gasteiger partial charge >= 0.3 is 5.69 Å². The summed E-state index contributed by atoms with van der Waals surface area (Å²) in [4.78, 5) is 16.4. The zero-order valence-corrected chi connectivity index (χ0v) is 15.4. The maximum atomic E-state index is 12.9. The second-order valence-corrected chi connectivity index (χ2v) is 7.69. The van der Waals surface area contributed by atoms with Crippen LogP contribution in [-0.2, 0) is 29.4 Å². The average Bonchev–Trinajstić information content (AvgIpc) is 2.93. The second-order valence-electron chi connectivity index (χ2n) is 5.88. The molecule has 2 heterocycles. The van der Waals surface area contributed by atoms with Gasteiger partial charge in [-0.05, 0) is 29.8 Å². The summed E-state index contributed by atoms with van der Waals surface area (Å²) in [5, 5.41) is 4.22. The molecule has 1 aromatic carbocycles. The number of rotatable bonds is 7. The molecule has 0 fully saturated rings. The fraction of sp³-hybridized carbons (Fsp3) is 0.235. The first-order chi connectivity index (χ1) is 12.9. The molecule has 0 spiro atoms. The van der Waals surface area contributed by atoms with E-state index in [0.29, 0.717) is 17.1 Å². The minimum atomic E-state index is -3.62. The Morgan fingerprint density at radius 3 is 2.56 bits per heavy atom. The molecule has 0 aliphatic heterocycles. The molecule has 0 saturated carbocycles. The van der Waals surface area contributed by atoms with E-state index in [2.05, 4.69) is 14.8 Å². The van der Waals surface area contributed by atoms with Gasteiger partial charge in [0, 0.05) is 19.8 Å². The number of aromatic nitrogens is 4. The molecule has 142 valence electrons. The van der Waals surface area contributed by atoms with Crippen molar-refractivity contribution in [2.45, 2.75) is 12.3 Å². The highest BCUT2D eigenvalue weighted by Crippen LogP contribution is 2.10. The standard InChI is InChI=1S/C17H18FN5O3S/c1-22-16(15-4-2-3-9-19-15)21-23(17(22)24)11-10-20-27(25,26)12-13-5-7-14(18)8-6-13/h2-9,20H,10-12H2,1H3. The first-order valence-corrected chi connectivity index (χ1v) is 9.78. The van der Waals surface area contributed by atoms with E-state index in [1.165, 1.54) is 33.5 Å². The van der Waals surface area contributed by atoms with E-state index in [4.69, 9.17) is 0 Å². The van der Waals surface area contributed by atoms with E-state index < -0.39 is 15.8 Å². The van der Waals surface area contributed by atoms with Crippen molar-refractivity contribution >= 4 is 10.0 Å². The summed E-state index contributed by atoms with van der Waals surface area (Å²) >= 11 is 0. The van der Waals surface area contributed by atoms with E-state index in [1.807, 2.05) is 0 Å². The normalized spacial score (nSPS) is 11.6. The van der Waals surface area contributed by atoms with Crippen LogP contribution in [0.1, 0.15) is 5.56 Å². The third-order valence-electron chi connectivity index (χ3n) is 3.85. The van der Waals surface area contributed by atoms with E-state index in [1.54, 1.807) is 31.4 Å². The molecule has 27 heavy (non-hydrogen) atoms. The summed E-state index contributed by atoms with van der Waals surface area (Å²) in [6, 6.07) is 10.5. The van der Waals surface area contributed by atoms with Gasteiger partial charge in [-0.15, -0.1) is 5.10 Å². The van der Waals surface area contributed by atoms with Crippen molar-refractivity contribution in [3.8, 4) is 11.5 Å². The zero-order valence-electron chi connectivity index (χ0n) is 14.5. The summed E-state index contributed by atoms with van der Waals surface area (Å²) in [6.45, 7) is 0.0737. The van der Waals surface area contributed by atoms with Crippen molar-refractivity contribution in [1.82, 2.24) is 24.1 Å². The number of nitrogens with zero attached hydrogens (tertiary/aromatic N) is 4. The molecule has 0 amide bonds. The number of hydrogen-bond acceptors (Lipinski definition) is 5. The quantitative estimate of drug-likeness (QED) is 0.645. The topological polar surface area (TPSA) is 98.9 Å². The molecule has 0 aliphatic carbocycles. The van der Waals surface area contributed by atoms with Crippen molar-refractivity contribution < 1.29 is 12.8 Å². The lowest BCUT2D eigenvalue weighted by Gasteiger charge is -2.06. The van der Waals surface area contributed by atoms with Crippen LogP contribution in [0, 0.1) is 5.82 Å². The fourth-order valence-electron chi connectivity index (χ4n) is 2.51. The van der Waals surface area contributed by atoms with Crippen LogP contribution in [0.4, 0.5) is 4.39 Å². The lowest BCUT2D eigenvalue weighted by Crippen LogP contribution is -2.32. The predicted octanol–water partition coefficient (Wildman–Crippen LogP) is 0.902. The van der Waals surface area contributed by atoms with E-state index in [9.17, 15) is 17.6 Å². The monoisotopic (exact) mass is 391 g/mol. The van der Waals surface area contributed by atoms with Crippen LogP contribution >= 0.6 is 0 Å². The minimum absolute atomic E-state index is 0.00209. The Morgan fingerprint density at radius 2 is 1.89 bits per heavy atom. The average molecular weight is 391 g/mol. The van der Waals surface area contributed by atoms with Crippen LogP contribution in [0.3, 0.4) is 0 Å². The highest BCUT2D eigenvalue weighted by Gasteiger charge is 2.15. The number of pyridine rings is 1. The van der Waals surface area contributed by atoms with Crippen molar-refractivity contribution in [1.29, 1.82) is 0 Å². The molecule has 0 atom stereocenters. The first kappa shape index (κ1) is 18.9. The highest BCUT2D eigenvalue weighted by atomic mass is 32.2. The minimum Gasteiger partial charge on any atom is -0.277 e. The largest absolute Gasteiger partial charge is 0.346 e. The maximum Gasteiger partial charge on any atom is 0.346 e. The molecule has 8 nitrogen and oxygen atoms in total. The third kappa shape index (κ3) is 4.66. The number of nitrogens with one attached hydrogen (secondary N) is 1. The van der Waals surface area contributed by atoms with Crippen LogP contribution in [0.2, 0.25) is 0 Å². The molecule has 3 aromatic rings. The van der Waals surface area contributed by atoms with Crippen LogP contribution in [-0.4, -0.2) is 34.3 Å². The third-order valence-corrected chi connectivity index (χ3v) is 5.21. The smallest absolute Gasteiger partial charge is 0.277 e. The van der Waals surface area contributed by atoms with Crippen LogP contribution < -0.4 is 10.4 Å². The zero-order chi connectivity index (χ0) is 19.4. The van der Waals surface area contributed by atoms with E-state index in [0.717, 1.165) is 0 Å². The fourth-order valence-corrected chi connectivity index (χ4v) is 3.65.